The van der Waals surface area contributed by atoms with Gasteiger partial charge in [0, 0.05) is 12.6 Å². The van der Waals surface area contributed by atoms with E-state index in [-0.39, 0.29) is 11.8 Å². The zero-order chi connectivity index (χ0) is 15.4. The second-order valence-electron chi connectivity index (χ2n) is 4.07. The summed E-state index contributed by atoms with van der Waals surface area (Å²) in [6.45, 7) is 0. The van der Waals surface area contributed by atoms with E-state index in [2.05, 4.69) is 4.98 Å². The molecule has 2 rings (SSSR count). The molecule has 0 saturated heterocycles. The van der Waals surface area contributed by atoms with E-state index >= 15 is 0 Å². The van der Waals surface area contributed by atoms with Crippen molar-refractivity contribution < 1.29 is 19.1 Å². The number of methoxy groups -OCH3 is 2. The summed E-state index contributed by atoms with van der Waals surface area (Å²) in [5.74, 6) is 0.705. The number of hydrogen-bond acceptors (Lipinski definition) is 6. The SMILES string of the molecule is COc1cccc(-c2nc(OC)c(C(=O)N(C)OC)s2)c1. The molecular weight excluding hydrogens is 292 g/mol. The smallest absolute Gasteiger partial charge is 0.292 e. The second-order valence-corrected chi connectivity index (χ2v) is 5.07. The minimum Gasteiger partial charge on any atom is -0.497 e. The fourth-order valence-corrected chi connectivity index (χ4v) is 2.68. The molecule has 0 atom stereocenters. The molecule has 0 aliphatic heterocycles. The lowest BCUT2D eigenvalue weighted by Crippen LogP contribution is -2.24. The van der Waals surface area contributed by atoms with Crippen molar-refractivity contribution in [3.63, 3.8) is 0 Å². The molecule has 0 fully saturated rings. The highest BCUT2D eigenvalue weighted by Gasteiger charge is 2.23. The van der Waals surface area contributed by atoms with Gasteiger partial charge in [-0.2, -0.15) is 0 Å². The molecule has 0 unspecified atom stereocenters. The number of thiazole rings is 1. The molecule has 0 bridgehead atoms. The molecule has 6 nitrogen and oxygen atoms in total. The van der Waals surface area contributed by atoms with E-state index in [4.69, 9.17) is 14.3 Å². The molecule has 7 heteroatoms. The van der Waals surface area contributed by atoms with Gasteiger partial charge >= 0.3 is 0 Å². The normalized spacial score (nSPS) is 10.3. The number of ether oxygens (including phenoxy) is 2. The Bertz CT molecular complexity index is 642. The molecule has 1 heterocycles. The quantitative estimate of drug-likeness (QED) is 0.794. The monoisotopic (exact) mass is 308 g/mol. The number of amides is 1. The van der Waals surface area contributed by atoms with Crippen LogP contribution in [0.1, 0.15) is 9.67 Å². The number of carbonyl (C=O) groups excluding carboxylic acids is 1. The number of benzene rings is 1. The van der Waals surface area contributed by atoms with E-state index in [0.29, 0.717) is 9.88 Å². The average molecular weight is 308 g/mol. The maximum absolute atomic E-state index is 12.2. The second kappa shape index (κ2) is 6.55. The van der Waals surface area contributed by atoms with Crippen LogP contribution in [0.3, 0.4) is 0 Å². The standard InChI is InChI=1S/C14H16N2O4S/c1-16(20-4)14(17)11-12(19-3)15-13(21-11)9-6-5-7-10(8-9)18-2/h5-8H,1-4H3. The Labute approximate surface area is 126 Å². The minimum atomic E-state index is -0.305. The van der Waals surface area contributed by atoms with Crippen LogP contribution in [-0.4, -0.2) is 44.3 Å². The van der Waals surface area contributed by atoms with E-state index in [9.17, 15) is 4.79 Å². The van der Waals surface area contributed by atoms with Gasteiger partial charge in [0.2, 0.25) is 5.88 Å². The summed E-state index contributed by atoms with van der Waals surface area (Å²) in [6, 6.07) is 7.46. The molecule has 1 amide bonds. The van der Waals surface area contributed by atoms with Gasteiger partial charge in [-0.05, 0) is 12.1 Å². The number of carbonyl (C=O) groups is 1. The van der Waals surface area contributed by atoms with Crippen molar-refractivity contribution in [3.05, 3.63) is 29.1 Å². The number of nitrogens with zero attached hydrogens (tertiary/aromatic N) is 2. The maximum Gasteiger partial charge on any atom is 0.292 e. The third kappa shape index (κ3) is 3.14. The van der Waals surface area contributed by atoms with Crippen LogP contribution in [0.25, 0.3) is 10.6 Å². The van der Waals surface area contributed by atoms with Gasteiger partial charge in [0.15, 0.2) is 4.88 Å². The van der Waals surface area contributed by atoms with Gasteiger partial charge in [0.1, 0.15) is 10.8 Å². The Balaban J connectivity index is 2.42. The van der Waals surface area contributed by atoms with Crippen molar-refractivity contribution in [2.24, 2.45) is 0 Å². The molecule has 0 spiro atoms. The lowest BCUT2D eigenvalue weighted by molar-refractivity contribution is -0.0755. The Kier molecular flexibility index (Phi) is 4.77. The predicted octanol–water partition coefficient (Wildman–Crippen LogP) is 2.46. The molecule has 0 radical (unpaired) electrons. The predicted molar refractivity (Wildman–Crippen MR) is 79.8 cm³/mol. The Morgan fingerprint density at radius 2 is 2.00 bits per heavy atom. The highest BCUT2D eigenvalue weighted by molar-refractivity contribution is 7.17. The van der Waals surface area contributed by atoms with Gasteiger partial charge in [0.05, 0.1) is 21.3 Å². The van der Waals surface area contributed by atoms with Crippen molar-refractivity contribution in [1.29, 1.82) is 0 Å². The summed E-state index contributed by atoms with van der Waals surface area (Å²) in [6.07, 6.45) is 0. The first-order chi connectivity index (χ1) is 10.1. The molecule has 2 aromatic rings. The molecule has 0 saturated carbocycles. The Morgan fingerprint density at radius 3 is 2.62 bits per heavy atom. The van der Waals surface area contributed by atoms with Crippen LogP contribution in [0, 0.1) is 0 Å². The van der Waals surface area contributed by atoms with Gasteiger partial charge in [0.25, 0.3) is 5.91 Å². The number of hydroxylamine groups is 2. The van der Waals surface area contributed by atoms with Crippen molar-refractivity contribution in [3.8, 4) is 22.2 Å². The lowest BCUT2D eigenvalue weighted by atomic mass is 10.2. The van der Waals surface area contributed by atoms with Gasteiger partial charge in [-0.25, -0.2) is 10.0 Å². The molecular formula is C14H16N2O4S. The summed E-state index contributed by atoms with van der Waals surface area (Å²) in [5.41, 5.74) is 0.858. The average Bonchev–Trinajstić information content (AvgIpc) is 2.97. The van der Waals surface area contributed by atoms with E-state index in [0.717, 1.165) is 16.4 Å². The van der Waals surface area contributed by atoms with Crippen LogP contribution in [0.2, 0.25) is 0 Å². The summed E-state index contributed by atoms with van der Waals surface area (Å²) < 4.78 is 10.4. The van der Waals surface area contributed by atoms with Crippen LogP contribution in [-0.2, 0) is 4.84 Å². The van der Waals surface area contributed by atoms with Gasteiger partial charge < -0.3 is 9.47 Å². The third-order valence-electron chi connectivity index (χ3n) is 2.86. The Hall–Kier alpha value is -2.12. The molecule has 0 aliphatic carbocycles. The molecule has 1 aromatic heterocycles. The molecule has 112 valence electrons. The Morgan fingerprint density at radius 1 is 1.24 bits per heavy atom. The van der Waals surface area contributed by atoms with Crippen LogP contribution < -0.4 is 9.47 Å². The van der Waals surface area contributed by atoms with E-state index < -0.39 is 0 Å². The molecule has 0 aliphatic rings. The highest BCUT2D eigenvalue weighted by Crippen LogP contribution is 2.34. The summed E-state index contributed by atoms with van der Waals surface area (Å²) in [7, 11) is 6.04. The van der Waals surface area contributed by atoms with Gasteiger partial charge in [-0.3, -0.25) is 9.63 Å². The first kappa shape index (κ1) is 15.3. The first-order valence-electron chi connectivity index (χ1n) is 6.12. The van der Waals surface area contributed by atoms with Crippen LogP contribution in [0.15, 0.2) is 24.3 Å². The zero-order valence-electron chi connectivity index (χ0n) is 12.2. The number of aromatic nitrogens is 1. The summed E-state index contributed by atoms with van der Waals surface area (Å²) in [4.78, 5) is 21.8. The topological polar surface area (TPSA) is 60.9 Å². The van der Waals surface area contributed by atoms with Crippen LogP contribution in [0.4, 0.5) is 0 Å². The fraction of sp³-hybridized carbons (Fsp3) is 0.286. The molecule has 0 N–H and O–H groups in total. The molecule has 1 aromatic carbocycles. The van der Waals surface area contributed by atoms with E-state index in [1.54, 1.807) is 7.11 Å². The van der Waals surface area contributed by atoms with Gasteiger partial charge in [-0.15, -0.1) is 11.3 Å². The number of hydrogen-bond donors (Lipinski definition) is 0. The highest BCUT2D eigenvalue weighted by atomic mass is 32.1. The summed E-state index contributed by atoms with van der Waals surface area (Å²) in [5, 5.41) is 1.81. The van der Waals surface area contributed by atoms with Crippen LogP contribution >= 0.6 is 11.3 Å². The summed E-state index contributed by atoms with van der Waals surface area (Å²) >= 11 is 1.25. The largest absolute Gasteiger partial charge is 0.497 e. The van der Waals surface area contributed by atoms with E-state index in [1.807, 2.05) is 24.3 Å². The van der Waals surface area contributed by atoms with Gasteiger partial charge in [-0.1, -0.05) is 12.1 Å². The third-order valence-corrected chi connectivity index (χ3v) is 3.93. The minimum absolute atomic E-state index is 0.284. The number of rotatable bonds is 5. The van der Waals surface area contributed by atoms with Crippen molar-refractivity contribution in [2.45, 2.75) is 0 Å². The van der Waals surface area contributed by atoms with Crippen molar-refractivity contribution in [2.75, 3.05) is 28.4 Å². The van der Waals surface area contributed by atoms with Crippen molar-refractivity contribution in [1.82, 2.24) is 10.0 Å². The first-order valence-corrected chi connectivity index (χ1v) is 6.93. The lowest BCUT2D eigenvalue weighted by Gasteiger charge is -2.12. The molecule has 21 heavy (non-hydrogen) atoms. The van der Waals surface area contributed by atoms with E-state index in [1.165, 1.54) is 32.6 Å². The van der Waals surface area contributed by atoms with Crippen molar-refractivity contribution >= 4 is 17.2 Å². The van der Waals surface area contributed by atoms with Crippen LogP contribution in [0.5, 0.6) is 11.6 Å². The fourth-order valence-electron chi connectivity index (χ4n) is 1.69. The zero-order valence-corrected chi connectivity index (χ0v) is 13.1. The maximum atomic E-state index is 12.2.